The molecule has 5 aromatic rings. The summed E-state index contributed by atoms with van der Waals surface area (Å²) in [6, 6.07) is 26.5. The standard InChI is InChI=1S/C32H26F3N5O/c1-31(2,20-36)23-11-13-24(14-12-23)38-30-25-15-10-22(29-26(32(33,34)35)9-6-16-37-29)17-27(25)39-28(40-30)19-41-18-21-7-4-3-5-8-21/h3-17H,18-19H2,1-2H3,(H,38,39,40). The van der Waals surface area contributed by atoms with Gasteiger partial charge in [0.2, 0.25) is 0 Å². The maximum atomic E-state index is 13.7. The zero-order valence-corrected chi connectivity index (χ0v) is 22.4. The first-order chi connectivity index (χ1) is 19.6. The van der Waals surface area contributed by atoms with Crippen LogP contribution in [0.25, 0.3) is 22.2 Å². The summed E-state index contributed by atoms with van der Waals surface area (Å²) in [5, 5.41) is 13.4. The van der Waals surface area contributed by atoms with E-state index in [1.54, 1.807) is 18.2 Å². The van der Waals surface area contributed by atoms with Crippen molar-refractivity contribution >= 4 is 22.4 Å². The Morgan fingerprint density at radius 3 is 2.34 bits per heavy atom. The number of halogens is 3. The van der Waals surface area contributed by atoms with Crippen LogP contribution in [0.4, 0.5) is 24.7 Å². The molecule has 2 aromatic heterocycles. The summed E-state index contributed by atoms with van der Waals surface area (Å²) in [4.78, 5) is 13.3. The van der Waals surface area contributed by atoms with E-state index in [2.05, 4.69) is 26.3 Å². The molecule has 3 aromatic carbocycles. The summed E-state index contributed by atoms with van der Waals surface area (Å²) < 4.78 is 47.0. The monoisotopic (exact) mass is 553 g/mol. The largest absolute Gasteiger partial charge is 0.418 e. The predicted octanol–water partition coefficient (Wildman–Crippen LogP) is 7.97. The molecule has 0 aliphatic heterocycles. The van der Waals surface area contributed by atoms with Gasteiger partial charge in [-0.15, -0.1) is 0 Å². The van der Waals surface area contributed by atoms with E-state index < -0.39 is 17.2 Å². The Bertz CT molecular complexity index is 1710. The third kappa shape index (κ3) is 6.34. The summed E-state index contributed by atoms with van der Waals surface area (Å²) in [6.07, 6.45) is -3.22. The first-order valence-electron chi connectivity index (χ1n) is 12.9. The molecule has 0 radical (unpaired) electrons. The van der Waals surface area contributed by atoms with Gasteiger partial charge >= 0.3 is 6.18 Å². The first-order valence-corrected chi connectivity index (χ1v) is 12.9. The predicted molar refractivity (Wildman–Crippen MR) is 151 cm³/mol. The Morgan fingerprint density at radius 2 is 1.63 bits per heavy atom. The lowest BCUT2D eigenvalue weighted by Gasteiger charge is -2.17. The fraction of sp³-hybridized carbons (Fsp3) is 0.188. The molecule has 0 saturated carbocycles. The molecule has 0 fully saturated rings. The normalized spacial score (nSPS) is 11.8. The van der Waals surface area contributed by atoms with Crippen LogP contribution in [0.15, 0.2) is 91.1 Å². The summed E-state index contributed by atoms with van der Waals surface area (Å²) in [6.45, 7) is 4.14. The van der Waals surface area contributed by atoms with E-state index in [9.17, 15) is 18.4 Å². The number of hydrogen-bond donors (Lipinski definition) is 1. The molecular formula is C32H26F3N5O. The van der Waals surface area contributed by atoms with Gasteiger partial charge in [-0.1, -0.05) is 48.5 Å². The van der Waals surface area contributed by atoms with Gasteiger partial charge in [0.05, 0.1) is 34.9 Å². The summed E-state index contributed by atoms with van der Waals surface area (Å²) >= 11 is 0. The van der Waals surface area contributed by atoms with Gasteiger partial charge in [-0.05, 0) is 61.4 Å². The molecule has 0 bridgehead atoms. The van der Waals surface area contributed by atoms with Crippen LogP contribution in [0.1, 0.15) is 36.4 Å². The molecule has 1 N–H and O–H groups in total. The molecule has 206 valence electrons. The van der Waals surface area contributed by atoms with E-state index in [4.69, 9.17) is 4.74 Å². The minimum atomic E-state index is -4.56. The van der Waals surface area contributed by atoms with Crippen molar-refractivity contribution in [3.8, 4) is 17.3 Å². The number of anilines is 2. The van der Waals surface area contributed by atoms with Gasteiger partial charge in [0.15, 0.2) is 5.82 Å². The molecule has 0 amide bonds. The topological polar surface area (TPSA) is 83.7 Å². The maximum absolute atomic E-state index is 13.7. The van der Waals surface area contributed by atoms with Gasteiger partial charge in [0.25, 0.3) is 0 Å². The molecule has 9 heteroatoms. The Labute approximate surface area is 235 Å². The number of ether oxygens (including phenoxy) is 1. The van der Waals surface area contributed by atoms with Crippen molar-refractivity contribution in [2.24, 2.45) is 0 Å². The van der Waals surface area contributed by atoms with E-state index in [0.717, 1.165) is 22.9 Å². The summed E-state index contributed by atoms with van der Waals surface area (Å²) in [5.74, 6) is 0.844. The van der Waals surface area contributed by atoms with Gasteiger partial charge < -0.3 is 10.1 Å². The fourth-order valence-corrected chi connectivity index (χ4v) is 4.35. The van der Waals surface area contributed by atoms with Crippen molar-refractivity contribution in [1.29, 1.82) is 5.26 Å². The Hall–Kier alpha value is -4.81. The number of nitrogens with zero attached hydrogens (tertiary/aromatic N) is 4. The smallest absolute Gasteiger partial charge is 0.369 e. The first kappa shape index (κ1) is 27.7. The second kappa shape index (κ2) is 11.4. The third-order valence-electron chi connectivity index (χ3n) is 6.62. The summed E-state index contributed by atoms with van der Waals surface area (Å²) in [7, 11) is 0. The minimum absolute atomic E-state index is 0.0937. The average molecular weight is 554 g/mol. The number of hydrogen-bond acceptors (Lipinski definition) is 6. The molecule has 41 heavy (non-hydrogen) atoms. The number of rotatable bonds is 8. The summed E-state index contributed by atoms with van der Waals surface area (Å²) in [5.41, 5.74) is 1.69. The highest BCUT2D eigenvalue weighted by Crippen LogP contribution is 2.37. The zero-order chi connectivity index (χ0) is 29.0. The van der Waals surface area contributed by atoms with Gasteiger partial charge in [0, 0.05) is 22.8 Å². The van der Waals surface area contributed by atoms with Crippen LogP contribution >= 0.6 is 0 Å². The minimum Gasteiger partial charge on any atom is -0.369 e. The highest BCUT2D eigenvalue weighted by Gasteiger charge is 2.34. The van der Waals surface area contributed by atoms with Crippen LogP contribution in [-0.4, -0.2) is 15.0 Å². The molecule has 2 heterocycles. The van der Waals surface area contributed by atoms with Crippen molar-refractivity contribution in [3.05, 3.63) is 114 Å². The molecule has 0 spiro atoms. The van der Waals surface area contributed by atoms with Crippen molar-refractivity contribution < 1.29 is 17.9 Å². The van der Waals surface area contributed by atoms with E-state index in [0.29, 0.717) is 29.2 Å². The number of pyridine rings is 1. The van der Waals surface area contributed by atoms with E-state index in [1.165, 1.54) is 12.3 Å². The second-order valence-electron chi connectivity index (χ2n) is 10.0. The Kier molecular flexibility index (Phi) is 7.68. The van der Waals surface area contributed by atoms with Crippen LogP contribution < -0.4 is 5.32 Å². The molecular weight excluding hydrogens is 527 g/mol. The number of benzene rings is 3. The second-order valence-corrected chi connectivity index (χ2v) is 10.0. The number of nitrogens with one attached hydrogen (secondary N) is 1. The number of nitriles is 1. The van der Waals surface area contributed by atoms with Crippen LogP contribution in [0.2, 0.25) is 0 Å². The molecule has 0 aliphatic rings. The lowest BCUT2D eigenvalue weighted by atomic mass is 9.86. The third-order valence-corrected chi connectivity index (χ3v) is 6.62. The Morgan fingerprint density at radius 1 is 0.878 bits per heavy atom. The molecule has 0 atom stereocenters. The van der Waals surface area contributed by atoms with Gasteiger partial charge in [-0.3, -0.25) is 4.98 Å². The van der Waals surface area contributed by atoms with Gasteiger partial charge in [0.1, 0.15) is 12.4 Å². The number of aromatic nitrogens is 3. The highest BCUT2D eigenvalue weighted by molar-refractivity contribution is 5.93. The SMILES string of the molecule is CC(C)(C#N)c1ccc(Nc2nc(COCc3ccccc3)nc3cc(-c4ncccc4C(F)(F)F)ccc23)cc1. The van der Waals surface area contributed by atoms with E-state index in [1.807, 2.05) is 68.4 Å². The molecule has 0 saturated heterocycles. The number of alkyl halides is 3. The number of fused-ring (bicyclic) bond motifs is 1. The quantitative estimate of drug-likeness (QED) is 0.210. The maximum Gasteiger partial charge on any atom is 0.418 e. The van der Waals surface area contributed by atoms with Crippen LogP contribution in [0.5, 0.6) is 0 Å². The van der Waals surface area contributed by atoms with Crippen LogP contribution in [0, 0.1) is 11.3 Å². The van der Waals surface area contributed by atoms with E-state index in [-0.39, 0.29) is 17.9 Å². The van der Waals surface area contributed by atoms with Crippen molar-refractivity contribution in [2.75, 3.05) is 5.32 Å². The van der Waals surface area contributed by atoms with Crippen LogP contribution in [-0.2, 0) is 29.5 Å². The average Bonchev–Trinajstić information content (AvgIpc) is 2.97. The van der Waals surface area contributed by atoms with Crippen molar-refractivity contribution in [3.63, 3.8) is 0 Å². The van der Waals surface area contributed by atoms with E-state index >= 15 is 0 Å². The Balaban J connectivity index is 1.52. The lowest BCUT2D eigenvalue weighted by Crippen LogP contribution is -2.13. The molecule has 5 rings (SSSR count). The van der Waals surface area contributed by atoms with Gasteiger partial charge in [-0.2, -0.15) is 18.4 Å². The highest BCUT2D eigenvalue weighted by atomic mass is 19.4. The fourth-order valence-electron chi connectivity index (χ4n) is 4.35. The molecule has 0 unspecified atom stereocenters. The molecule has 6 nitrogen and oxygen atoms in total. The van der Waals surface area contributed by atoms with Gasteiger partial charge in [-0.25, -0.2) is 9.97 Å². The van der Waals surface area contributed by atoms with Crippen LogP contribution in [0.3, 0.4) is 0 Å². The van der Waals surface area contributed by atoms with Crippen molar-refractivity contribution in [1.82, 2.24) is 15.0 Å². The lowest BCUT2D eigenvalue weighted by molar-refractivity contribution is -0.137. The van der Waals surface area contributed by atoms with Crippen molar-refractivity contribution in [2.45, 2.75) is 38.7 Å². The zero-order valence-electron chi connectivity index (χ0n) is 22.4. The molecule has 0 aliphatic carbocycles.